The Bertz CT molecular complexity index is 1110. The van der Waals surface area contributed by atoms with Crippen molar-refractivity contribution < 1.29 is 13.9 Å². The Labute approximate surface area is 192 Å². The molecule has 3 aromatic rings. The highest BCUT2D eigenvalue weighted by atomic mass is 79.9. The van der Waals surface area contributed by atoms with E-state index in [-0.39, 0.29) is 12.4 Å². The molecule has 6 heteroatoms. The zero-order valence-corrected chi connectivity index (χ0v) is 19.3. The van der Waals surface area contributed by atoms with Crippen molar-refractivity contribution in [2.24, 2.45) is 0 Å². The predicted octanol–water partition coefficient (Wildman–Crippen LogP) is 7.39. The average molecular weight is 531 g/mol. The molecular weight excluding hydrogens is 513 g/mol. The molecular formula is C24H18Br2FNO2. The molecule has 0 aliphatic heterocycles. The maximum Gasteiger partial charge on any atom is 0.175 e. The van der Waals surface area contributed by atoms with Crippen molar-refractivity contribution in [3.05, 3.63) is 92.1 Å². The molecule has 3 aromatic carbocycles. The molecule has 0 N–H and O–H groups in total. The van der Waals surface area contributed by atoms with Crippen LogP contribution in [0.15, 0.2) is 69.6 Å². The van der Waals surface area contributed by atoms with E-state index in [1.54, 1.807) is 30.3 Å². The van der Waals surface area contributed by atoms with Crippen LogP contribution in [0.25, 0.3) is 11.6 Å². The van der Waals surface area contributed by atoms with Gasteiger partial charge in [0.25, 0.3) is 0 Å². The first-order valence-electron chi connectivity index (χ1n) is 9.22. The van der Waals surface area contributed by atoms with Crippen LogP contribution >= 0.6 is 31.9 Å². The van der Waals surface area contributed by atoms with Crippen molar-refractivity contribution in [2.45, 2.75) is 13.5 Å². The van der Waals surface area contributed by atoms with Gasteiger partial charge in [-0.15, -0.1) is 0 Å². The summed E-state index contributed by atoms with van der Waals surface area (Å²) < 4.78 is 27.1. The smallest absolute Gasteiger partial charge is 0.175 e. The number of ether oxygens (including phenoxy) is 2. The van der Waals surface area contributed by atoms with E-state index in [0.29, 0.717) is 33.7 Å². The lowest BCUT2D eigenvalue weighted by Gasteiger charge is -2.15. The first-order valence-corrected chi connectivity index (χ1v) is 10.8. The average Bonchev–Trinajstić information content (AvgIpc) is 2.73. The summed E-state index contributed by atoms with van der Waals surface area (Å²) in [6.45, 7) is 2.38. The summed E-state index contributed by atoms with van der Waals surface area (Å²) in [5.74, 6) is 0.682. The molecule has 0 bridgehead atoms. The molecule has 0 heterocycles. The van der Waals surface area contributed by atoms with Crippen molar-refractivity contribution in [1.82, 2.24) is 0 Å². The van der Waals surface area contributed by atoms with E-state index in [1.807, 2.05) is 37.3 Å². The molecule has 3 nitrogen and oxygen atoms in total. The summed E-state index contributed by atoms with van der Waals surface area (Å²) in [6, 6.07) is 19.9. The van der Waals surface area contributed by atoms with Crippen LogP contribution in [0.3, 0.4) is 0 Å². The van der Waals surface area contributed by atoms with Gasteiger partial charge in [0.2, 0.25) is 0 Å². The molecule has 3 rings (SSSR count). The Morgan fingerprint density at radius 1 is 1.07 bits per heavy atom. The van der Waals surface area contributed by atoms with Gasteiger partial charge < -0.3 is 9.47 Å². The van der Waals surface area contributed by atoms with Crippen molar-refractivity contribution in [3.8, 4) is 17.6 Å². The Morgan fingerprint density at radius 3 is 2.47 bits per heavy atom. The maximum atomic E-state index is 13.9. The highest BCUT2D eigenvalue weighted by molar-refractivity contribution is 9.10. The summed E-state index contributed by atoms with van der Waals surface area (Å²) in [5, 5.41) is 9.61. The van der Waals surface area contributed by atoms with Crippen LogP contribution in [-0.2, 0) is 6.61 Å². The third-order valence-electron chi connectivity index (χ3n) is 4.25. The van der Waals surface area contributed by atoms with Gasteiger partial charge in [-0.2, -0.15) is 5.26 Å². The second kappa shape index (κ2) is 10.4. The molecule has 30 heavy (non-hydrogen) atoms. The molecule has 0 atom stereocenters. The van der Waals surface area contributed by atoms with Crippen LogP contribution in [0.4, 0.5) is 4.39 Å². The van der Waals surface area contributed by atoms with E-state index in [2.05, 4.69) is 37.9 Å². The van der Waals surface area contributed by atoms with Crippen molar-refractivity contribution in [2.75, 3.05) is 6.61 Å². The third kappa shape index (κ3) is 5.50. The van der Waals surface area contributed by atoms with Gasteiger partial charge in [0.05, 0.1) is 22.7 Å². The van der Waals surface area contributed by atoms with E-state index >= 15 is 0 Å². The number of halogens is 3. The monoisotopic (exact) mass is 529 g/mol. The van der Waals surface area contributed by atoms with Gasteiger partial charge in [0.15, 0.2) is 11.5 Å². The quantitative estimate of drug-likeness (QED) is 0.236. The molecule has 0 unspecified atom stereocenters. The number of nitriles is 1. The second-order valence-electron chi connectivity index (χ2n) is 6.32. The Morgan fingerprint density at radius 2 is 1.80 bits per heavy atom. The Balaban J connectivity index is 1.93. The minimum atomic E-state index is -0.320. The van der Waals surface area contributed by atoms with Gasteiger partial charge in [-0.1, -0.05) is 46.3 Å². The molecule has 0 aromatic heterocycles. The lowest BCUT2D eigenvalue weighted by Crippen LogP contribution is -2.02. The van der Waals surface area contributed by atoms with Gasteiger partial charge >= 0.3 is 0 Å². The summed E-state index contributed by atoms with van der Waals surface area (Å²) in [7, 11) is 0. The van der Waals surface area contributed by atoms with E-state index in [0.717, 1.165) is 15.6 Å². The van der Waals surface area contributed by atoms with Crippen molar-refractivity contribution in [1.29, 1.82) is 5.26 Å². The van der Waals surface area contributed by atoms with Gasteiger partial charge in [0, 0.05) is 10.0 Å². The van der Waals surface area contributed by atoms with E-state index in [1.165, 1.54) is 6.07 Å². The highest BCUT2D eigenvalue weighted by Crippen LogP contribution is 2.38. The number of nitrogens with zero attached hydrogens (tertiary/aromatic N) is 1. The van der Waals surface area contributed by atoms with Crippen molar-refractivity contribution >= 4 is 43.5 Å². The lowest BCUT2D eigenvalue weighted by atomic mass is 10.0. The van der Waals surface area contributed by atoms with Crippen molar-refractivity contribution in [3.63, 3.8) is 0 Å². The first kappa shape index (κ1) is 22.1. The van der Waals surface area contributed by atoms with Crippen LogP contribution in [0.5, 0.6) is 11.5 Å². The molecule has 0 aliphatic rings. The topological polar surface area (TPSA) is 42.2 Å². The third-order valence-corrected chi connectivity index (χ3v) is 5.37. The standard InChI is InChI=1S/C24H18Br2FNO2/c1-2-29-23-13-16(11-19(14-28)17-7-9-20(25)10-8-17)12-21(26)24(23)30-15-18-5-3-4-6-22(18)27/h3-13H,2,15H2,1H3/b19-11+. The van der Waals surface area contributed by atoms with Gasteiger partial charge in [-0.3, -0.25) is 0 Å². The van der Waals surface area contributed by atoms with Gasteiger partial charge in [-0.05, 0) is 70.4 Å². The van der Waals surface area contributed by atoms with Crippen LogP contribution in [-0.4, -0.2) is 6.61 Å². The normalized spacial score (nSPS) is 11.1. The van der Waals surface area contributed by atoms with Crippen LogP contribution in [0, 0.1) is 17.1 Å². The number of rotatable bonds is 7. The fourth-order valence-electron chi connectivity index (χ4n) is 2.82. The molecule has 0 spiro atoms. The first-order chi connectivity index (χ1) is 14.5. The summed E-state index contributed by atoms with van der Waals surface area (Å²) >= 11 is 6.92. The molecule has 0 radical (unpaired) electrons. The zero-order valence-electron chi connectivity index (χ0n) is 16.2. The van der Waals surface area contributed by atoms with Crippen LogP contribution in [0.1, 0.15) is 23.6 Å². The second-order valence-corrected chi connectivity index (χ2v) is 8.09. The zero-order chi connectivity index (χ0) is 21.5. The molecule has 0 saturated heterocycles. The maximum absolute atomic E-state index is 13.9. The molecule has 0 saturated carbocycles. The lowest BCUT2D eigenvalue weighted by molar-refractivity contribution is 0.264. The predicted molar refractivity (Wildman–Crippen MR) is 124 cm³/mol. The highest BCUT2D eigenvalue weighted by Gasteiger charge is 2.14. The van der Waals surface area contributed by atoms with Crippen LogP contribution in [0.2, 0.25) is 0 Å². The Kier molecular flexibility index (Phi) is 7.67. The minimum absolute atomic E-state index is 0.0723. The van der Waals surface area contributed by atoms with Crippen LogP contribution < -0.4 is 9.47 Å². The number of allylic oxidation sites excluding steroid dienone is 1. The Hall–Kier alpha value is -2.62. The van der Waals surface area contributed by atoms with E-state index in [9.17, 15) is 9.65 Å². The van der Waals surface area contributed by atoms with Gasteiger partial charge in [-0.25, -0.2) is 4.39 Å². The van der Waals surface area contributed by atoms with E-state index < -0.39 is 0 Å². The minimum Gasteiger partial charge on any atom is -0.490 e. The van der Waals surface area contributed by atoms with E-state index in [4.69, 9.17) is 9.47 Å². The van der Waals surface area contributed by atoms with Gasteiger partial charge in [0.1, 0.15) is 12.4 Å². The number of benzene rings is 3. The SMILES string of the molecule is CCOc1cc(/C=C(\C#N)c2ccc(Br)cc2)cc(Br)c1OCc1ccccc1F. The fourth-order valence-corrected chi connectivity index (χ4v) is 3.65. The molecule has 0 aliphatic carbocycles. The number of hydrogen-bond donors (Lipinski definition) is 0. The molecule has 0 fully saturated rings. The number of hydrogen-bond acceptors (Lipinski definition) is 3. The largest absolute Gasteiger partial charge is 0.490 e. The summed E-state index contributed by atoms with van der Waals surface area (Å²) in [5.41, 5.74) is 2.58. The fraction of sp³-hybridized carbons (Fsp3) is 0.125. The molecule has 152 valence electrons. The summed E-state index contributed by atoms with van der Waals surface area (Å²) in [4.78, 5) is 0. The molecule has 0 amide bonds. The summed E-state index contributed by atoms with van der Waals surface area (Å²) in [6.07, 6.45) is 1.79.